The Morgan fingerprint density at radius 2 is 1.15 bits per heavy atom. The molecule has 2 amide bonds. The van der Waals surface area contributed by atoms with E-state index in [0.29, 0.717) is 66.1 Å². The fourth-order valence-corrected chi connectivity index (χ4v) is 7.72. The monoisotopic (exact) mass is 944 g/mol. The van der Waals surface area contributed by atoms with Crippen molar-refractivity contribution in [3.8, 4) is 46.1 Å². The number of hydrogen-bond acceptors (Lipinski definition) is 13. The number of phenols is 2. The largest absolute Gasteiger partial charge is 0.507 e. The molecule has 0 aliphatic carbocycles. The molecule has 0 unspecified atom stereocenters. The quantitative estimate of drug-likeness (QED) is 0.0994. The number of carbonyl (C=O) groups is 2. The summed E-state index contributed by atoms with van der Waals surface area (Å²) in [6.45, 7) is 13.1. The van der Waals surface area contributed by atoms with Crippen LogP contribution in [0.2, 0.25) is 0 Å². The molecule has 2 aliphatic heterocycles. The summed E-state index contributed by atoms with van der Waals surface area (Å²) in [6, 6.07) is 25.3. The van der Waals surface area contributed by atoms with Gasteiger partial charge in [-0.2, -0.15) is 0 Å². The molecule has 0 bridgehead atoms. The minimum absolute atomic E-state index is 0.0295. The number of aliphatic hydroxyl groups is 1. The number of carbonyl (C=O) groups excluding carboxylic acids is 2. The van der Waals surface area contributed by atoms with Gasteiger partial charge in [0.1, 0.15) is 40.9 Å². The number of aliphatic hydroxyl groups excluding tert-OH is 1. The van der Waals surface area contributed by atoms with E-state index in [4.69, 9.17) is 24.5 Å². The van der Waals surface area contributed by atoms with Crippen LogP contribution in [0.3, 0.4) is 0 Å². The highest BCUT2D eigenvalue weighted by molar-refractivity contribution is 9.10. The molecule has 338 valence electrons. The Bertz CT molecular complexity index is 2780. The molecule has 8 rings (SSSR count). The minimum Gasteiger partial charge on any atom is -0.507 e. The molecule has 2 aromatic heterocycles. The van der Waals surface area contributed by atoms with Crippen molar-refractivity contribution in [3.05, 3.63) is 95.0 Å². The van der Waals surface area contributed by atoms with Crippen molar-refractivity contribution in [1.82, 2.24) is 29.7 Å². The lowest BCUT2D eigenvalue weighted by Gasteiger charge is -2.24. The lowest BCUT2D eigenvalue weighted by atomic mass is 10.1. The Balaban J connectivity index is 0.000000195. The van der Waals surface area contributed by atoms with Crippen molar-refractivity contribution in [2.45, 2.75) is 77.7 Å². The predicted molar refractivity (Wildman–Crippen MR) is 255 cm³/mol. The first-order valence-corrected chi connectivity index (χ1v) is 22.2. The van der Waals surface area contributed by atoms with Crippen LogP contribution in [-0.4, -0.2) is 113 Å². The SMILES string of the molecule is CC(C)(C)OC(=O)N1CC[C@H](Nc2nc(-c3ccccc3O)nc3ccc(Br)cc23)C1.CC(C)(C)OC(=O)N1CC[C@H](Nc2nc(-c3ccccc3O)nc3ccc(C#CCO)cc23)C1. The van der Waals surface area contributed by atoms with Gasteiger partial charge < -0.3 is 45.2 Å². The number of fused-ring (bicyclic) bond motifs is 2. The molecule has 0 spiro atoms. The third-order valence-electron chi connectivity index (χ3n) is 10.3. The van der Waals surface area contributed by atoms with E-state index < -0.39 is 11.2 Å². The zero-order valence-electron chi connectivity index (χ0n) is 37.2. The molecular weight excluding hydrogens is 892 g/mol. The van der Waals surface area contributed by atoms with Crippen molar-refractivity contribution in [2.75, 3.05) is 43.4 Å². The highest BCUT2D eigenvalue weighted by Gasteiger charge is 2.32. The molecule has 5 N–H and O–H groups in total. The number of likely N-dealkylation sites (tertiary alicyclic amines) is 2. The molecule has 15 nitrogen and oxygen atoms in total. The molecule has 2 aliphatic rings. The van der Waals surface area contributed by atoms with E-state index >= 15 is 0 Å². The number of nitrogens with one attached hydrogen (secondary N) is 2. The Morgan fingerprint density at radius 1 is 0.692 bits per heavy atom. The van der Waals surface area contributed by atoms with Crippen LogP contribution in [0, 0.1) is 11.8 Å². The number of aromatic nitrogens is 4. The number of phenolic OH excluding ortho intramolecular Hbond substituents is 2. The maximum absolute atomic E-state index is 12.5. The summed E-state index contributed by atoms with van der Waals surface area (Å²) in [4.78, 5) is 47.1. The van der Waals surface area contributed by atoms with Gasteiger partial charge in [-0.1, -0.05) is 52.0 Å². The van der Waals surface area contributed by atoms with Gasteiger partial charge in [-0.15, -0.1) is 0 Å². The third-order valence-corrected chi connectivity index (χ3v) is 10.8. The third kappa shape index (κ3) is 11.9. The van der Waals surface area contributed by atoms with Gasteiger partial charge in [0.2, 0.25) is 0 Å². The molecule has 16 heteroatoms. The maximum Gasteiger partial charge on any atom is 0.410 e. The second-order valence-electron chi connectivity index (χ2n) is 17.8. The summed E-state index contributed by atoms with van der Waals surface area (Å²) in [5.74, 6) is 7.88. The lowest BCUT2D eigenvalue weighted by Crippen LogP contribution is -2.36. The van der Waals surface area contributed by atoms with Crippen molar-refractivity contribution in [2.24, 2.45) is 0 Å². The number of amides is 2. The van der Waals surface area contributed by atoms with Gasteiger partial charge in [0.05, 0.1) is 22.2 Å². The first-order valence-electron chi connectivity index (χ1n) is 21.4. The van der Waals surface area contributed by atoms with E-state index in [9.17, 15) is 19.8 Å². The number of rotatable bonds is 6. The van der Waals surface area contributed by atoms with Crippen LogP contribution in [0.1, 0.15) is 59.9 Å². The van der Waals surface area contributed by atoms with Crippen molar-refractivity contribution in [3.63, 3.8) is 0 Å². The van der Waals surface area contributed by atoms with Gasteiger partial charge in [0.15, 0.2) is 11.6 Å². The molecule has 6 aromatic rings. The topological polar surface area (TPSA) is 195 Å². The summed E-state index contributed by atoms with van der Waals surface area (Å²) >= 11 is 3.52. The normalized spacial score (nSPS) is 16.1. The average molecular weight is 946 g/mol. The number of hydrogen-bond donors (Lipinski definition) is 5. The second-order valence-corrected chi connectivity index (χ2v) is 18.7. The standard InChI is InChI=1S/C26H28N4O4.C23H25BrN4O3/c1-26(2,3)34-25(33)30-13-12-18(16-30)27-24-20-15-17(7-6-14-31)10-11-21(20)28-23(29-24)19-8-4-5-9-22(19)32;1-23(2,3)31-22(30)28-11-10-15(13-28)25-21-17-12-14(24)8-9-18(17)26-20(27-21)16-6-4-5-7-19(16)29/h4-5,8-11,15,18,31-32H,12-14,16H2,1-3H3,(H,27,28,29);4-9,12,15,29H,10-11,13H2,1-3H3,(H,25,26,27)/t18-;15-/m00/s1. The fraction of sp³-hybridized carbons (Fsp3) is 0.347. The zero-order valence-corrected chi connectivity index (χ0v) is 38.8. The van der Waals surface area contributed by atoms with E-state index in [-0.39, 0.29) is 42.4 Å². The molecular formula is C49H53BrN8O7. The molecule has 2 saturated heterocycles. The van der Waals surface area contributed by atoms with Crippen molar-refractivity contribution in [1.29, 1.82) is 0 Å². The predicted octanol–water partition coefficient (Wildman–Crippen LogP) is 8.95. The summed E-state index contributed by atoms with van der Waals surface area (Å²) in [7, 11) is 0. The number of para-hydroxylation sites is 2. The van der Waals surface area contributed by atoms with Crippen LogP contribution in [0.4, 0.5) is 21.2 Å². The van der Waals surface area contributed by atoms with Crippen LogP contribution in [0.15, 0.2) is 89.4 Å². The fourth-order valence-electron chi connectivity index (χ4n) is 7.36. The molecule has 4 aromatic carbocycles. The van der Waals surface area contributed by atoms with Gasteiger partial charge in [0, 0.05) is 59.1 Å². The van der Waals surface area contributed by atoms with Gasteiger partial charge >= 0.3 is 12.2 Å². The Labute approximate surface area is 386 Å². The number of halogens is 1. The minimum atomic E-state index is -0.552. The summed E-state index contributed by atoms with van der Waals surface area (Å²) < 4.78 is 11.9. The van der Waals surface area contributed by atoms with Crippen LogP contribution in [0.5, 0.6) is 11.5 Å². The van der Waals surface area contributed by atoms with E-state index in [2.05, 4.69) is 48.4 Å². The zero-order chi connectivity index (χ0) is 46.5. The second kappa shape index (κ2) is 19.6. The molecule has 0 radical (unpaired) electrons. The van der Waals surface area contributed by atoms with Gasteiger partial charge in [-0.3, -0.25) is 0 Å². The number of aromatic hydroxyl groups is 2. The Morgan fingerprint density at radius 3 is 1.62 bits per heavy atom. The smallest absolute Gasteiger partial charge is 0.410 e. The van der Waals surface area contributed by atoms with Crippen LogP contribution >= 0.6 is 15.9 Å². The van der Waals surface area contributed by atoms with Crippen LogP contribution in [-0.2, 0) is 9.47 Å². The van der Waals surface area contributed by atoms with Crippen LogP contribution < -0.4 is 10.6 Å². The van der Waals surface area contributed by atoms with Gasteiger partial charge in [-0.25, -0.2) is 29.5 Å². The first kappa shape index (κ1) is 46.3. The van der Waals surface area contributed by atoms with E-state index in [0.717, 1.165) is 39.2 Å². The summed E-state index contributed by atoms with van der Waals surface area (Å²) in [5, 5.41) is 38.2. The average Bonchev–Trinajstić information content (AvgIpc) is 3.93. The number of ether oxygens (including phenoxy) is 2. The molecule has 0 saturated carbocycles. The Kier molecular flexibility index (Phi) is 13.9. The van der Waals surface area contributed by atoms with E-state index in [1.54, 1.807) is 46.2 Å². The first-order chi connectivity index (χ1) is 30.9. The molecule has 2 fully saturated rings. The van der Waals surface area contributed by atoms with E-state index in [1.807, 2.05) is 90.1 Å². The van der Waals surface area contributed by atoms with Gasteiger partial charge in [0.25, 0.3) is 0 Å². The van der Waals surface area contributed by atoms with Crippen molar-refractivity contribution >= 4 is 61.6 Å². The maximum atomic E-state index is 12.5. The number of anilines is 2. The molecule has 2 atom stereocenters. The summed E-state index contributed by atoms with van der Waals surface area (Å²) in [5.41, 5.74) is 2.20. The van der Waals surface area contributed by atoms with E-state index in [1.165, 1.54) is 0 Å². The number of benzene rings is 4. The lowest BCUT2D eigenvalue weighted by molar-refractivity contribution is 0.0283. The highest BCUT2D eigenvalue weighted by atomic mass is 79.9. The van der Waals surface area contributed by atoms with Gasteiger partial charge in [-0.05, 0) is 115 Å². The highest BCUT2D eigenvalue weighted by Crippen LogP contribution is 2.34. The molecule has 65 heavy (non-hydrogen) atoms. The van der Waals surface area contributed by atoms with Crippen LogP contribution in [0.25, 0.3) is 44.6 Å². The van der Waals surface area contributed by atoms with Crippen molar-refractivity contribution < 1.29 is 34.4 Å². The number of nitrogens with zero attached hydrogens (tertiary/aromatic N) is 6. The molecule has 4 heterocycles. The Hall–Kier alpha value is -6.70. The summed E-state index contributed by atoms with van der Waals surface area (Å²) in [6.07, 6.45) is 0.883.